The van der Waals surface area contributed by atoms with E-state index in [1.54, 1.807) is 0 Å². The largest absolute Gasteiger partial charge is 0.393 e. The zero-order chi connectivity index (χ0) is 16.7. The molecule has 2 aliphatic carbocycles. The number of rotatable bonds is 2. The lowest BCUT2D eigenvalue weighted by Gasteiger charge is -2.31. The van der Waals surface area contributed by atoms with E-state index in [2.05, 4.69) is 0 Å². The van der Waals surface area contributed by atoms with Crippen LogP contribution in [-0.4, -0.2) is 41.3 Å². The van der Waals surface area contributed by atoms with E-state index in [4.69, 9.17) is 0 Å². The Hall–Kier alpha value is -0.910. The summed E-state index contributed by atoms with van der Waals surface area (Å²) in [5.74, 6) is 0. The van der Waals surface area contributed by atoms with Crippen molar-refractivity contribution in [1.29, 1.82) is 0 Å². The minimum Gasteiger partial charge on any atom is -0.393 e. The van der Waals surface area contributed by atoms with Gasteiger partial charge in [0.05, 0.1) is 22.7 Å². The molecule has 0 heterocycles. The zero-order valence-corrected chi connectivity index (χ0v) is 14.4. The molecule has 0 unspecified atom stereocenters. The molecule has 4 nitrogen and oxygen atoms in total. The first kappa shape index (κ1) is 18.4. The van der Waals surface area contributed by atoms with E-state index in [0.717, 1.165) is 0 Å². The van der Waals surface area contributed by atoms with Crippen LogP contribution in [0, 0.1) is 0 Å². The lowest BCUT2D eigenvalue weighted by molar-refractivity contribution is 0.127. The zero-order valence-electron chi connectivity index (χ0n) is 13.5. The topological polar surface area (TPSA) is 74.6 Å². The van der Waals surface area contributed by atoms with Gasteiger partial charge in [0.1, 0.15) is 0 Å². The van der Waals surface area contributed by atoms with E-state index in [9.17, 15) is 18.6 Å². The van der Waals surface area contributed by atoms with E-state index in [0.29, 0.717) is 51.4 Å². The Bertz CT molecular complexity index is 473. The van der Waals surface area contributed by atoms with Crippen LogP contribution in [0.5, 0.6) is 0 Å². The molecule has 0 bridgehead atoms. The third-order valence-electron chi connectivity index (χ3n) is 4.88. The van der Waals surface area contributed by atoms with Crippen LogP contribution in [0.2, 0.25) is 0 Å². The number of hydrogen-bond donors (Lipinski definition) is 2. The molecule has 2 saturated carbocycles. The number of benzene rings is 1. The van der Waals surface area contributed by atoms with Gasteiger partial charge in [0.25, 0.3) is 0 Å². The summed E-state index contributed by atoms with van der Waals surface area (Å²) in [5.41, 5.74) is 0. The van der Waals surface area contributed by atoms with Crippen molar-refractivity contribution in [2.24, 2.45) is 0 Å². The number of sulfone groups is 1. The maximum absolute atomic E-state index is 12.4. The standard InChI is InChI=1S/C12H22O4S.C6H6/c13-9-1-5-11(6-2-9)17(15,16)12-7-3-10(14)4-8-12;1-2-4-6-5-3-1/h9-14H,1-8H2;1-6H. The summed E-state index contributed by atoms with van der Waals surface area (Å²) in [6.07, 6.45) is 4.22. The molecule has 2 N–H and O–H groups in total. The molecule has 0 amide bonds. The molecule has 0 radical (unpaired) electrons. The molecule has 130 valence electrons. The third kappa shape index (κ3) is 5.59. The Balaban J connectivity index is 0.000000268. The first-order chi connectivity index (χ1) is 11.0. The van der Waals surface area contributed by atoms with E-state index in [1.165, 1.54) is 0 Å². The lowest BCUT2D eigenvalue weighted by Crippen LogP contribution is -2.38. The van der Waals surface area contributed by atoms with Gasteiger partial charge in [0, 0.05) is 0 Å². The highest BCUT2D eigenvalue weighted by molar-refractivity contribution is 7.92. The van der Waals surface area contributed by atoms with E-state index >= 15 is 0 Å². The Morgan fingerprint density at radius 3 is 1.09 bits per heavy atom. The first-order valence-electron chi connectivity index (χ1n) is 8.59. The van der Waals surface area contributed by atoms with Gasteiger partial charge in [-0.15, -0.1) is 0 Å². The molecule has 1 aromatic carbocycles. The second kappa shape index (κ2) is 8.81. The Morgan fingerprint density at radius 1 is 0.565 bits per heavy atom. The SMILES string of the molecule is O=S(=O)(C1CCC(O)CC1)C1CCC(O)CC1.c1ccccc1. The average Bonchev–Trinajstić information content (AvgIpc) is 2.58. The van der Waals surface area contributed by atoms with Crippen LogP contribution in [0.3, 0.4) is 0 Å². The summed E-state index contributed by atoms with van der Waals surface area (Å²) in [5, 5.41) is 18.3. The maximum atomic E-state index is 12.4. The van der Waals surface area contributed by atoms with Crippen molar-refractivity contribution in [2.75, 3.05) is 0 Å². The summed E-state index contributed by atoms with van der Waals surface area (Å²) >= 11 is 0. The predicted molar refractivity (Wildman–Crippen MR) is 91.9 cm³/mol. The highest BCUT2D eigenvalue weighted by Crippen LogP contribution is 2.32. The fourth-order valence-electron chi connectivity index (χ4n) is 3.40. The highest BCUT2D eigenvalue weighted by atomic mass is 32.2. The van der Waals surface area contributed by atoms with Crippen LogP contribution in [-0.2, 0) is 9.84 Å². The Kier molecular flexibility index (Phi) is 7.06. The van der Waals surface area contributed by atoms with Gasteiger partial charge in [-0.25, -0.2) is 8.42 Å². The van der Waals surface area contributed by atoms with Gasteiger partial charge < -0.3 is 10.2 Å². The predicted octanol–water partition coefficient (Wildman–Crippen LogP) is 2.69. The summed E-state index contributed by atoms with van der Waals surface area (Å²) in [7, 11) is -3.05. The first-order valence-corrected chi connectivity index (χ1v) is 10.2. The second-order valence-electron chi connectivity index (χ2n) is 6.60. The molecular formula is C18H28O4S. The fourth-order valence-corrected chi connectivity index (χ4v) is 5.81. The second-order valence-corrected chi connectivity index (χ2v) is 9.12. The van der Waals surface area contributed by atoms with Crippen LogP contribution in [0.25, 0.3) is 0 Å². The lowest BCUT2D eigenvalue weighted by atomic mass is 9.97. The molecular weight excluding hydrogens is 312 g/mol. The molecule has 2 aliphatic rings. The van der Waals surface area contributed by atoms with Crippen molar-refractivity contribution in [2.45, 2.75) is 74.1 Å². The van der Waals surface area contributed by atoms with Crippen molar-refractivity contribution in [3.05, 3.63) is 36.4 Å². The van der Waals surface area contributed by atoms with E-state index in [-0.39, 0.29) is 22.7 Å². The van der Waals surface area contributed by atoms with E-state index < -0.39 is 9.84 Å². The quantitative estimate of drug-likeness (QED) is 0.868. The normalized spacial score (nSPS) is 31.7. The molecule has 0 aliphatic heterocycles. The Morgan fingerprint density at radius 2 is 0.826 bits per heavy atom. The van der Waals surface area contributed by atoms with Gasteiger partial charge in [0.15, 0.2) is 9.84 Å². The molecule has 0 spiro atoms. The third-order valence-corrected chi connectivity index (χ3v) is 7.68. The number of hydrogen-bond acceptors (Lipinski definition) is 4. The molecule has 2 fully saturated rings. The highest BCUT2D eigenvalue weighted by Gasteiger charge is 2.37. The minimum absolute atomic E-state index is 0.258. The fraction of sp³-hybridized carbons (Fsp3) is 0.667. The molecule has 3 rings (SSSR count). The molecule has 1 aromatic rings. The summed E-state index contributed by atoms with van der Waals surface area (Å²) in [6, 6.07) is 12.0. The number of aliphatic hydroxyl groups excluding tert-OH is 2. The van der Waals surface area contributed by atoms with Gasteiger partial charge in [0.2, 0.25) is 0 Å². The van der Waals surface area contributed by atoms with E-state index in [1.807, 2.05) is 36.4 Å². The Labute approximate surface area is 139 Å². The smallest absolute Gasteiger partial charge is 0.156 e. The molecule has 0 aromatic heterocycles. The van der Waals surface area contributed by atoms with Crippen LogP contribution in [0.15, 0.2) is 36.4 Å². The van der Waals surface area contributed by atoms with Crippen molar-refractivity contribution < 1.29 is 18.6 Å². The molecule has 0 atom stereocenters. The van der Waals surface area contributed by atoms with Crippen LogP contribution in [0.4, 0.5) is 0 Å². The monoisotopic (exact) mass is 340 g/mol. The summed E-state index contributed by atoms with van der Waals surface area (Å²) in [6.45, 7) is 0. The van der Waals surface area contributed by atoms with Crippen molar-refractivity contribution >= 4 is 9.84 Å². The number of aliphatic hydroxyl groups is 2. The van der Waals surface area contributed by atoms with Crippen molar-refractivity contribution in [3.8, 4) is 0 Å². The van der Waals surface area contributed by atoms with Gasteiger partial charge in [-0.05, 0) is 51.4 Å². The van der Waals surface area contributed by atoms with Crippen molar-refractivity contribution in [3.63, 3.8) is 0 Å². The summed E-state index contributed by atoms with van der Waals surface area (Å²) in [4.78, 5) is 0. The van der Waals surface area contributed by atoms with Gasteiger partial charge >= 0.3 is 0 Å². The average molecular weight is 340 g/mol. The maximum Gasteiger partial charge on any atom is 0.156 e. The van der Waals surface area contributed by atoms with Gasteiger partial charge in [-0.2, -0.15) is 0 Å². The van der Waals surface area contributed by atoms with Crippen molar-refractivity contribution in [1.82, 2.24) is 0 Å². The van der Waals surface area contributed by atoms with Gasteiger partial charge in [-0.3, -0.25) is 0 Å². The van der Waals surface area contributed by atoms with Crippen LogP contribution in [0.1, 0.15) is 51.4 Å². The molecule has 5 heteroatoms. The molecule has 23 heavy (non-hydrogen) atoms. The summed E-state index contributed by atoms with van der Waals surface area (Å²) < 4.78 is 24.8. The van der Waals surface area contributed by atoms with Gasteiger partial charge in [-0.1, -0.05) is 36.4 Å². The minimum atomic E-state index is -3.05. The van der Waals surface area contributed by atoms with Crippen LogP contribution >= 0.6 is 0 Å². The van der Waals surface area contributed by atoms with Crippen LogP contribution < -0.4 is 0 Å². The molecule has 0 saturated heterocycles.